The summed E-state index contributed by atoms with van der Waals surface area (Å²) in [5, 5.41) is 18.5. The molecule has 36 heavy (non-hydrogen) atoms. The predicted octanol–water partition coefficient (Wildman–Crippen LogP) is 3.93. The first-order valence-electron chi connectivity index (χ1n) is 11.8. The summed E-state index contributed by atoms with van der Waals surface area (Å²) in [6, 6.07) is 23.5. The Kier molecular flexibility index (Phi) is 9.55. The van der Waals surface area contributed by atoms with E-state index in [2.05, 4.69) is 4.72 Å². The Bertz CT molecular complexity index is 1190. The number of aliphatic hydroxyl groups is 2. The molecule has 3 N–H and O–H groups in total. The quantitative estimate of drug-likeness (QED) is 0.323. The van der Waals surface area contributed by atoms with Crippen LogP contribution in [0.4, 0.5) is 0 Å². The smallest absolute Gasteiger partial charge is 0.240 e. The summed E-state index contributed by atoms with van der Waals surface area (Å²) >= 11 is 1.64. The molecule has 0 aromatic heterocycles. The molecule has 1 saturated heterocycles. The van der Waals surface area contributed by atoms with E-state index in [9.17, 15) is 13.5 Å². The van der Waals surface area contributed by atoms with E-state index < -0.39 is 16.3 Å². The molecule has 0 amide bonds. The maximum atomic E-state index is 12.5. The van der Waals surface area contributed by atoms with E-state index in [0.29, 0.717) is 12.2 Å². The van der Waals surface area contributed by atoms with Crippen molar-refractivity contribution in [3.8, 4) is 0 Å². The van der Waals surface area contributed by atoms with Gasteiger partial charge in [0.05, 0.1) is 30.3 Å². The maximum absolute atomic E-state index is 12.5. The van der Waals surface area contributed by atoms with Crippen LogP contribution in [0.3, 0.4) is 0 Å². The summed E-state index contributed by atoms with van der Waals surface area (Å²) < 4.78 is 40.2. The molecule has 1 fully saturated rings. The van der Waals surface area contributed by atoms with Gasteiger partial charge >= 0.3 is 0 Å². The molecule has 0 bridgehead atoms. The number of thioether (sulfide) groups is 1. The van der Waals surface area contributed by atoms with Gasteiger partial charge in [-0.05, 0) is 28.8 Å². The summed E-state index contributed by atoms with van der Waals surface area (Å²) in [4.78, 5) is 0.230. The second-order valence-electron chi connectivity index (χ2n) is 8.53. The van der Waals surface area contributed by atoms with E-state index in [0.717, 1.165) is 28.0 Å². The van der Waals surface area contributed by atoms with Crippen molar-refractivity contribution in [1.82, 2.24) is 4.72 Å². The minimum Gasteiger partial charge on any atom is -0.396 e. The first-order valence-corrected chi connectivity index (χ1v) is 14.4. The average Bonchev–Trinajstić information content (AvgIpc) is 2.93. The van der Waals surface area contributed by atoms with Gasteiger partial charge in [-0.15, -0.1) is 0 Å². The summed E-state index contributed by atoms with van der Waals surface area (Å²) in [7, 11) is -3.59. The number of nitrogens with one attached hydrogen (secondary N) is 1. The second-order valence-corrected chi connectivity index (χ2v) is 11.4. The zero-order valence-corrected chi connectivity index (χ0v) is 21.5. The van der Waals surface area contributed by atoms with Gasteiger partial charge in [-0.1, -0.05) is 66.7 Å². The van der Waals surface area contributed by atoms with Gasteiger partial charge in [0.15, 0.2) is 6.29 Å². The number of hydrogen-bond donors (Lipinski definition) is 3. The first-order chi connectivity index (χ1) is 17.5. The van der Waals surface area contributed by atoms with E-state index in [4.69, 9.17) is 14.6 Å². The molecule has 3 aromatic rings. The van der Waals surface area contributed by atoms with Gasteiger partial charge in [0.1, 0.15) is 0 Å². The van der Waals surface area contributed by atoms with Crippen LogP contribution >= 0.6 is 11.8 Å². The first kappa shape index (κ1) is 26.8. The van der Waals surface area contributed by atoms with Gasteiger partial charge in [0.25, 0.3) is 0 Å². The molecule has 1 aliphatic heterocycles. The largest absolute Gasteiger partial charge is 0.396 e. The zero-order chi connectivity index (χ0) is 25.4. The van der Waals surface area contributed by atoms with Crippen molar-refractivity contribution in [2.45, 2.75) is 43.0 Å². The highest BCUT2D eigenvalue weighted by atomic mass is 32.2. The Morgan fingerprint density at radius 2 is 1.53 bits per heavy atom. The lowest BCUT2D eigenvalue weighted by atomic mass is 10.0. The van der Waals surface area contributed by atoms with Crippen molar-refractivity contribution in [2.24, 2.45) is 0 Å². The van der Waals surface area contributed by atoms with E-state index in [1.807, 2.05) is 48.5 Å². The molecular formula is C27H31NO6S2. The van der Waals surface area contributed by atoms with Gasteiger partial charge < -0.3 is 19.7 Å². The third-order valence-electron chi connectivity index (χ3n) is 5.93. The monoisotopic (exact) mass is 529 g/mol. The summed E-state index contributed by atoms with van der Waals surface area (Å²) in [6.07, 6.45) is -0.114. The fourth-order valence-corrected chi connectivity index (χ4v) is 5.77. The lowest BCUT2D eigenvalue weighted by Crippen LogP contribution is -2.31. The van der Waals surface area contributed by atoms with Crippen LogP contribution in [0.5, 0.6) is 0 Å². The molecule has 0 aliphatic carbocycles. The van der Waals surface area contributed by atoms with Crippen LogP contribution in [0.1, 0.15) is 41.1 Å². The zero-order valence-electron chi connectivity index (χ0n) is 19.8. The molecule has 1 unspecified atom stereocenters. The normalized spacial score (nSPS) is 20.3. The van der Waals surface area contributed by atoms with Crippen LogP contribution in [0, 0.1) is 0 Å². The van der Waals surface area contributed by atoms with E-state index in [1.54, 1.807) is 42.1 Å². The van der Waals surface area contributed by atoms with Gasteiger partial charge in [-0.25, -0.2) is 13.1 Å². The third-order valence-corrected chi connectivity index (χ3v) is 8.42. The molecule has 192 valence electrons. The van der Waals surface area contributed by atoms with Crippen LogP contribution in [0.15, 0.2) is 83.8 Å². The topological polar surface area (TPSA) is 105 Å². The Hall–Kier alpha value is -2.24. The van der Waals surface area contributed by atoms with E-state index in [-0.39, 0.29) is 36.9 Å². The van der Waals surface area contributed by atoms with Crippen molar-refractivity contribution >= 4 is 21.8 Å². The third kappa shape index (κ3) is 7.17. The number of benzene rings is 3. The number of rotatable bonds is 11. The minimum absolute atomic E-state index is 0.00812. The molecule has 0 radical (unpaired) electrons. The Morgan fingerprint density at radius 3 is 2.19 bits per heavy atom. The molecule has 9 heteroatoms. The van der Waals surface area contributed by atoms with Crippen LogP contribution in [-0.4, -0.2) is 42.8 Å². The van der Waals surface area contributed by atoms with Crippen LogP contribution in [0.25, 0.3) is 0 Å². The van der Waals surface area contributed by atoms with Crippen molar-refractivity contribution in [2.75, 3.05) is 18.1 Å². The molecule has 3 aromatic carbocycles. The molecule has 1 aliphatic rings. The molecule has 0 saturated carbocycles. The summed E-state index contributed by atoms with van der Waals surface area (Å²) in [6.45, 7) is 0.287. The van der Waals surface area contributed by atoms with Gasteiger partial charge in [0, 0.05) is 30.0 Å². The van der Waals surface area contributed by atoms with Crippen LogP contribution in [0.2, 0.25) is 0 Å². The molecule has 1 heterocycles. The fraction of sp³-hybridized carbons (Fsp3) is 0.333. The van der Waals surface area contributed by atoms with Gasteiger partial charge in [-0.3, -0.25) is 0 Å². The number of hydrogen-bond acceptors (Lipinski definition) is 7. The SMILES string of the molecule is O=S(=O)(NCc1ccc(C2O[C@H](CSCCO)C[C@H](c3ccc(CO)cc3)O2)cc1)c1ccccc1. The van der Waals surface area contributed by atoms with Crippen molar-refractivity contribution in [3.05, 3.63) is 101 Å². The van der Waals surface area contributed by atoms with Gasteiger partial charge in [0.2, 0.25) is 10.0 Å². The second kappa shape index (κ2) is 12.8. The summed E-state index contributed by atoms with van der Waals surface area (Å²) in [5.74, 6) is 1.39. The lowest BCUT2D eigenvalue weighted by Gasteiger charge is -2.36. The number of ether oxygens (including phenoxy) is 2. The van der Waals surface area contributed by atoms with Crippen molar-refractivity contribution in [1.29, 1.82) is 0 Å². The van der Waals surface area contributed by atoms with Crippen LogP contribution < -0.4 is 4.72 Å². The maximum Gasteiger partial charge on any atom is 0.240 e. The standard InChI is InChI=1S/C27H31NO6S2/c29-14-15-35-19-24-16-26(22-10-8-21(18-30)9-11-22)34-27(33-24)23-12-6-20(7-13-23)17-28-36(31,32)25-4-2-1-3-5-25/h1-13,24,26-30H,14-19H2/t24-,26+,27?/m0/s1. The molecule has 7 nitrogen and oxygen atoms in total. The Labute approximate surface area is 216 Å². The van der Waals surface area contributed by atoms with Crippen molar-refractivity contribution < 1.29 is 28.1 Å². The van der Waals surface area contributed by atoms with Gasteiger partial charge in [-0.2, -0.15) is 11.8 Å². The molecular weight excluding hydrogens is 498 g/mol. The molecule has 0 spiro atoms. The number of aliphatic hydroxyl groups excluding tert-OH is 2. The highest BCUT2D eigenvalue weighted by Gasteiger charge is 2.32. The summed E-state index contributed by atoms with van der Waals surface area (Å²) in [5.41, 5.74) is 3.53. The highest BCUT2D eigenvalue weighted by molar-refractivity contribution is 7.99. The molecule has 3 atom stereocenters. The Balaban J connectivity index is 1.44. The Morgan fingerprint density at radius 1 is 0.861 bits per heavy atom. The average molecular weight is 530 g/mol. The fourth-order valence-electron chi connectivity index (χ4n) is 3.96. The van der Waals surface area contributed by atoms with E-state index in [1.165, 1.54) is 0 Å². The minimum atomic E-state index is -3.59. The highest BCUT2D eigenvalue weighted by Crippen LogP contribution is 2.38. The van der Waals surface area contributed by atoms with E-state index >= 15 is 0 Å². The predicted molar refractivity (Wildman–Crippen MR) is 140 cm³/mol. The molecule has 4 rings (SSSR count). The van der Waals surface area contributed by atoms with Crippen LogP contribution in [-0.2, 0) is 32.6 Å². The van der Waals surface area contributed by atoms with Crippen molar-refractivity contribution in [3.63, 3.8) is 0 Å². The lowest BCUT2D eigenvalue weighted by molar-refractivity contribution is -0.245. The number of sulfonamides is 1.